The molecule has 0 N–H and O–H groups in total. The van der Waals surface area contributed by atoms with Crippen molar-refractivity contribution in [3.05, 3.63) is 65.5 Å². The Morgan fingerprint density at radius 2 is 1.83 bits per heavy atom. The van der Waals surface area contributed by atoms with E-state index in [0.29, 0.717) is 37.5 Å². The number of fused-ring (bicyclic) bond motifs is 1. The monoisotopic (exact) mass is 504 g/mol. The second-order valence-electron chi connectivity index (χ2n) is 8.81. The van der Waals surface area contributed by atoms with Crippen LogP contribution in [0.25, 0.3) is 11.4 Å². The zero-order valence-corrected chi connectivity index (χ0v) is 20.4. The number of rotatable bonds is 3. The Kier molecular flexibility index (Phi) is 7.46. The number of carbonyl (C=O) groups is 1. The fourth-order valence-electron chi connectivity index (χ4n) is 4.69. The van der Waals surface area contributed by atoms with Crippen molar-refractivity contribution < 1.29 is 36.4 Å². The van der Waals surface area contributed by atoms with E-state index in [4.69, 9.17) is 9.47 Å². The van der Waals surface area contributed by atoms with Crippen LogP contribution in [0, 0.1) is 5.92 Å². The van der Waals surface area contributed by atoms with Crippen LogP contribution in [0.1, 0.15) is 43.3 Å². The lowest BCUT2D eigenvalue weighted by molar-refractivity contribution is -0.880. The summed E-state index contributed by atoms with van der Waals surface area (Å²) in [4.78, 5) is 17.2. The molecular formula is C26H29F3N3O4+. The van der Waals surface area contributed by atoms with Crippen molar-refractivity contribution in [2.45, 2.75) is 39.0 Å². The second kappa shape index (κ2) is 10.4. The van der Waals surface area contributed by atoms with Crippen LogP contribution in [0.3, 0.4) is 0 Å². The molecule has 192 valence electrons. The molecule has 10 heteroatoms. The highest BCUT2D eigenvalue weighted by atomic mass is 19.4. The Hall–Kier alpha value is -3.24. The lowest BCUT2D eigenvalue weighted by Gasteiger charge is -2.38. The highest BCUT2D eigenvalue weighted by Gasteiger charge is 2.48. The van der Waals surface area contributed by atoms with E-state index in [-0.39, 0.29) is 34.8 Å². The van der Waals surface area contributed by atoms with Crippen LogP contribution in [-0.4, -0.2) is 47.4 Å². The van der Waals surface area contributed by atoms with Gasteiger partial charge in [-0.3, -0.25) is 0 Å². The van der Waals surface area contributed by atoms with Crippen LogP contribution in [0.4, 0.5) is 13.2 Å². The smallest absolute Gasteiger partial charge is 0.471 e. The molecule has 7 nitrogen and oxygen atoms in total. The summed E-state index contributed by atoms with van der Waals surface area (Å²) in [5.74, 6) is -1.22. The molecule has 2 aromatic carbocycles. The van der Waals surface area contributed by atoms with Crippen LogP contribution in [-0.2, 0) is 22.3 Å². The van der Waals surface area contributed by atoms with Crippen molar-refractivity contribution in [2.24, 2.45) is 5.92 Å². The molecule has 0 radical (unpaired) electrons. The van der Waals surface area contributed by atoms with Crippen molar-refractivity contribution in [3.8, 4) is 17.1 Å². The summed E-state index contributed by atoms with van der Waals surface area (Å²) in [5.41, 5.74) is 2.08. The van der Waals surface area contributed by atoms with Gasteiger partial charge in [-0.25, -0.2) is 9.28 Å². The number of alkyl halides is 3. The van der Waals surface area contributed by atoms with Gasteiger partial charge < -0.3 is 14.0 Å². The maximum atomic E-state index is 13.8. The molecule has 5 rings (SSSR count). The van der Waals surface area contributed by atoms with Gasteiger partial charge in [-0.05, 0) is 18.6 Å². The summed E-state index contributed by atoms with van der Waals surface area (Å²) in [7, 11) is 1.92. The van der Waals surface area contributed by atoms with Crippen LogP contribution < -0.4 is 4.74 Å². The highest BCUT2D eigenvalue weighted by molar-refractivity contribution is 5.73. The predicted molar refractivity (Wildman–Crippen MR) is 125 cm³/mol. The molecule has 2 aliphatic rings. The van der Waals surface area contributed by atoms with Gasteiger partial charge in [0.05, 0.1) is 19.6 Å². The summed E-state index contributed by atoms with van der Waals surface area (Å²) in [6, 6.07) is 14.4. The average molecular weight is 505 g/mol. The summed E-state index contributed by atoms with van der Waals surface area (Å²) in [6.45, 7) is 5.55. The molecule has 1 aromatic heterocycles. The molecule has 0 aliphatic carbocycles. The number of halogens is 3. The van der Waals surface area contributed by atoms with Gasteiger partial charge in [0.25, 0.3) is 0 Å². The van der Waals surface area contributed by atoms with Crippen LogP contribution in [0.15, 0.2) is 53.1 Å². The molecule has 0 saturated carbocycles. The third-order valence-corrected chi connectivity index (χ3v) is 6.54. The maximum Gasteiger partial charge on any atom is 0.471 e. The number of benzene rings is 2. The first-order chi connectivity index (χ1) is 17.3. The van der Waals surface area contributed by atoms with E-state index in [2.05, 4.69) is 14.7 Å². The van der Waals surface area contributed by atoms with Gasteiger partial charge in [-0.1, -0.05) is 55.4 Å². The van der Waals surface area contributed by atoms with Gasteiger partial charge in [-0.2, -0.15) is 18.2 Å². The van der Waals surface area contributed by atoms with E-state index < -0.39 is 12.1 Å². The lowest BCUT2D eigenvalue weighted by Crippen LogP contribution is -2.54. The fourth-order valence-corrected chi connectivity index (χ4v) is 4.69. The Morgan fingerprint density at radius 1 is 1.08 bits per heavy atom. The Balaban J connectivity index is 0.00000148. The minimum absolute atomic E-state index is 0.0832. The maximum absolute atomic E-state index is 13.8. The summed E-state index contributed by atoms with van der Waals surface area (Å²) < 4.78 is 54.7. The molecule has 36 heavy (non-hydrogen) atoms. The first-order valence-corrected chi connectivity index (χ1v) is 11.9. The molecule has 0 bridgehead atoms. The van der Waals surface area contributed by atoms with E-state index in [1.54, 1.807) is 18.2 Å². The number of aromatic nitrogens is 2. The van der Waals surface area contributed by atoms with Crippen LogP contribution in [0.2, 0.25) is 0 Å². The van der Waals surface area contributed by atoms with E-state index >= 15 is 0 Å². The lowest BCUT2D eigenvalue weighted by atomic mass is 9.98. The average Bonchev–Trinajstić information content (AvgIpc) is 3.57. The molecule has 2 aliphatic heterocycles. The predicted octanol–water partition coefficient (Wildman–Crippen LogP) is 5.43. The van der Waals surface area contributed by atoms with Crippen LogP contribution in [0.5, 0.6) is 5.75 Å². The molecule has 3 unspecified atom stereocenters. The number of quaternary nitrogens is 1. The van der Waals surface area contributed by atoms with Gasteiger partial charge >= 0.3 is 18.0 Å². The minimum Gasteiger partial charge on any atom is -0.486 e. The first kappa shape index (κ1) is 25.8. The van der Waals surface area contributed by atoms with E-state index in [1.807, 2.05) is 51.2 Å². The SMILES string of the molecule is CC.C[N+]1(C(=O)C2CCOC2)Cc2ccc(-c3noc(C(F)(F)F)n3)cc2OCC1c1ccccc1. The second-order valence-corrected chi connectivity index (χ2v) is 8.81. The number of hydrogen-bond acceptors (Lipinski definition) is 6. The zero-order chi connectivity index (χ0) is 25.9. The molecule has 3 atom stereocenters. The summed E-state index contributed by atoms with van der Waals surface area (Å²) in [6.07, 6.45) is -4.04. The number of nitrogens with zero attached hydrogens (tertiary/aromatic N) is 3. The third kappa shape index (κ3) is 5.01. The summed E-state index contributed by atoms with van der Waals surface area (Å²) in [5, 5.41) is 3.46. The van der Waals surface area contributed by atoms with Crippen molar-refractivity contribution in [1.29, 1.82) is 0 Å². The van der Waals surface area contributed by atoms with E-state index in [0.717, 1.165) is 11.1 Å². The standard InChI is InChI=1S/C24H23F3N3O4.C2H6/c1-30(22(31)18-9-10-32-13-18)12-17-8-7-16(21-28-23(34-29-21)24(25,26)27)11-20(17)33-14-19(30)15-5-3-2-4-6-15;1-2/h2-8,11,18-19H,9-10,12-14H2,1H3;1-2H3/q+1;. The number of ether oxygens (including phenoxy) is 2. The number of carbonyl (C=O) groups excluding carboxylic acids is 1. The largest absolute Gasteiger partial charge is 0.486 e. The fraction of sp³-hybridized carbons (Fsp3) is 0.423. The van der Waals surface area contributed by atoms with Crippen LogP contribution >= 0.6 is 0 Å². The third-order valence-electron chi connectivity index (χ3n) is 6.54. The van der Waals surface area contributed by atoms with Gasteiger partial charge in [0.1, 0.15) is 18.9 Å². The van der Waals surface area contributed by atoms with Crippen molar-refractivity contribution in [2.75, 3.05) is 26.9 Å². The first-order valence-electron chi connectivity index (χ1n) is 11.9. The quantitative estimate of drug-likeness (QED) is 0.443. The highest BCUT2D eigenvalue weighted by Crippen LogP contribution is 2.40. The van der Waals surface area contributed by atoms with Gasteiger partial charge in [0.15, 0.2) is 6.04 Å². The van der Waals surface area contributed by atoms with Gasteiger partial charge in [0.2, 0.25) is 5.82 Å². The summed E-state index contributed by atoms with van der Waals surface area (Å²) >= 11 is 0. The van der Waals surface area contributed by atoms with E-state index in [9.17, 15) is 18.0 Å². The molecular weight excluding hydrogens is 475 g/mol. The van der Waals surface area contributed by atoms with Gasteiger partial charge in [0, 0.05) is 23.3 Å². The molecule has 1 amide bonds. The molecule has 3 heterocycles. The normalized spacial score (nSPS) is 23.6. The van der Waals surface area contributed by atoms with Crippen molar-refractivity contribution in [1.82, 2.24) is 10.1 Å². The van der Waals surface area contributed by atoms with Gasteiger partial charge in [-0.15, -0.1) is 0 Å². The Labute approximate surface area is 207 Å². The van der Waals surface area contributed by atoms with E-state index in [1.165, 1.54) is 0 Å². The molecule has 3 aromatic rings. The topological polar surface area (TPSA) is 74.5 Å². The number of likely N-dealkylation sites (N-methyl/N-ethyl adjacent to an activating group) is 1. The Morgan fingerprint density at radius 3 is 2.47 bits per heavy atom. The Bertz CT molecular complexity index is 1190. The number of hydrogen-bond donors (Lipinski definition) is 0. The zero-order valence-electron chi connectivity index (χ0n) is 20.4. The molecule has 0 spiro atoms. The van der Waals surface area contributed by atoms with Crippen molar-refractivity contribution >= 4 is 5.91 Å². The van der Waals surface area contributed by atoms with Crippen molar-refractivity contribution in [3.63, 3.8) is 0 Å². The molecule has 1 fully saturated rings. The molecule has 1 saturated heterocycles. The minimum atomic E-state index is -4.72. The number of amides is 1.